The van der Waals surface area contributed by atoms with Crippen LogP contribution in [0.25, 0.3) is 11.0 Å². The topological polar surface area (TPSA) is 13.1 Å². The monoisotopic (exact) mass is 170 g/mol. The van der Waals surface area contributed by atoms with Gasteiger partial charge < -0.3 is 4.42 Å². The molecule has 0 aliphatic rings. The number of benzene rings is 1. The molecule has 0 aliphatic heterocycles. The van der Waals surface area contributed by atoms with Crippen molar-refractivity contribution < 1.29 is 4.42 Å². The number of terminal acetylenes is 1. The van der Waals surface area contributed by atoms with Crippen LogP contribution in [0.5, 0.6) is 0 Å². The summed E-state index contributed by atoms with van der Waals surface area (Å²) in [5.74, 6) is 3.57. The fourth-order valence-corrected chi connectivity index (χ4v) is 1.36. The third kappa shape index (κ3) is 1.57. The fourth-order valence-electron chi connectivity index (χ4n) is 1.36. The van der Waals surface area contributed by atoms with Gasteiger partial charge in [-0.1, -0.05) is 18.2 Å². The highest BCUT2D eigenvalue weighted by Crippen LogP contribution is 2.19. The molecule has 13 heavy (non-hydrogen) atoms. The van der Waals surface area contributed by atoms with Crippen LogP contribution < -0.4 is 0 Å². The Labute approximate surface area is 77.4 Å². The molecule has 0 atom stereocenters. The van der Waals surface area contributed by atoms with Crippen molar-refractivity contribution in [1.82, 2.24) is 0 Å². The van der Waals surface area contributed by atoms with Gasteiger partial charge in [0.25, 0.3) is 0 Å². The molecule has 2 aromatic rings. The smallest absolute Gasteiger partial charge is 0.134 e. The maximum atomic E-state index is 5.57. The molecule has 0 radical (unpaired) electrons. The normalized spacial score (nSPS) is 10.1. The molecule has 0 spiro atoms. The van der Waals surface area contributed by atoms with Crippen LogP contribution in [0.3, 0.4) is 0 Å². The molecule has 1 aromatic heterocycles. The molecular formula is C12H10O. The maximum Gasteiger partial charge on any atom is 0.134 e. The summed E-state index contributed by atoms with van der Waals surface area (Å²) in [5.41, 5.74) is 0.939. The Bertz CT molecular complexity index is 412. The Kier molecular flexibility index (Phi) is 2.06. The van der Waals surface area contributed by atoms with Crippen molar-refractivity contribution in [3.63, 3.8) is 0 Å². The Balaban J connectivity index is 2.34. The lowest BCUT2D eigenvalue weighted by molar-refractivity contribution is 0.551. The highest BCUT2D eigenvalue weighted by atomic mass is 16.3. The van der Waals surface area contributed by atoms with Gasteiger partial charge in [-0.05, 0) is 12.1 Å². The second kappa shape index (κ2) is 3.37. The number of fused-ring (bicyclic) bond motifs is 1. The molecule has 0 N–H and O–H groups in total. The van der Waals surface area contributed by atoms with E-state index >= 15 is 0 Å². The van der Waals surface area contributed by atoms with Gasteiger partial charge in [-0.3, -0.25) is 0 Å². The SMILES string of the molecule is C#CCCc1cc2ccccc2o1. The zero-order valence-corrected chi connectivity index (χ0v) is 7.29. The zero-order valence-electron chi connectivity index (χ0n) is 7.29. The molecule has 0 saturated heterocycles. The van der Waals surface area contributed by atoms with E-state index in [4.69, 9.17) is 10.8 Å². The van der Waals surface area contributed by atoms with Crippen molar-refractivity contribution in [3.05, 3.63) is 36.1 Å². The molecule has 0 bridgehead atoms. The van der Waals surface area contributed by atoms with Gasteiger partial charge in [0.15, 0.2) is 0 Å². The van der Waals surface area contributed by atoms with E-state index in [1.807, 2.05) is 30.3 Å². The summed E-state index contributed by atoms with van der Waals surface area (Å²) in [6, 6.07) is 10.0. The van der Waals surface area contributed by atoms with Gasteiger partial charge in [0.1, 0.15) is 11.3 Å². The molecule has 1 nitrogen and oxygen atoms in total. The number of aryl methyl sites for hydroxylation is 1. The highest BCUT2D eigenvalue weighted by Gasteiger charge is 2.00. The molecule has 2 rings (SSSR count). The summed E-state index contributed by atoms with van der Waals surface area (Å²) in [4.78, 5) is 0. The number of hydrogen-bond donors (Lipinski definition) is 0. The minimum absolute atomic E-state index is 0.736. The molecule has 0 amide bonds. The molecule has 1 aromatic carbocycles. The first-order valence-electron chi connectivity index (χ1n) is 4.31. The quantitative estimate of drug-likeness (QED) is 0.631. The van der Waals surface area contributed by atoms with Crippen molar-refractivity contribution in [1.29, 1.82) is 0 Å². The molecule has 0 unspecified atom stereocenters. The first-order valence-corrected chi connectivity index (χ1v) is 4.31. The van der Waals surface area contributed by atoms with Gasteiger partial charge in [0.2, 0.25) is 0 Å². The average Bonchev–Trinajstić information content (AvgIpc) is 2.57. The van der Waals surface area contributed by atoms with Crippen LogP contribution in [-0.2, 0) is 6.42 Å². The Morgan fingerprint density at radius 3 is 2.92 bits per heavy atom. The average molecular weight is 170 g/mol. The van der Waals surface area contributed by atoms with E-state index in [1.54, 1.807) is 0 Å². The summed E-state index contributed by atoms with van der Waals surface area (Å²) in [5, 5.41) is 1.15. The second-order valence-corrected chi connectivity index (χ2v) is 2.95. The summed E-state index contributed by atoms with van der Waals surface area (Å²) in [6.07, 6.45) is 6.74. The van der Waals surface area contributed by atoms with E-state index in [0.29, 0.717) is 0 Å². The summed E-state index contributed by atoms with van der Waals surface area (Å²) in [6.45, 7) is 0. The third-order valence-electron chi connectivity index (χ3n) is 1.99. The van der Waals surface area contributed by atoms with Crippen LogP contribution in [0.1, 0.15) is 12.2 Å². The predicted octanol–water partition coefficient (Wildman–Crippen LogP) is 3.00. The molecular weight excluding hydrogens is 160 g/mol. The standard InChI is InChI=1S/C12H10O/c1-2-3-7-11-9-10-6-4-5-8-12(10)13-11/h1,4-6,8-9H,3,7H2. The van der Waals surface area contributed by atoms with Crippen LogP contribution in [0.4, 0.5) is 0 Å². The fraction of sp³-hybridized carbons (Fsp3) is 0.167. The first-order chi connectivity index (χ1) is 6.40. The highest BCUT2D eigenvalue weighted by molar-refractivity contribution is 5.77. The molecule has 0 fully saturated rings. The van der Waals surface area contributed by atoms with Crippen molar-refractivity contribution in [2.45, 2.75) is 12.8 Å². The maximum absolute atomic E-state index is 5.57. The van der Waals surface area contributed by atoms with Crippen molar-refractivity contribution >= 4 is 11.0 Å². The van der Waals surface area contributed by atoms with Gasteiger partial charge in [0.05, 0.1) is 0 Å². The molecule has 1 heteroatoms. The minimum atomic E-state index is 0.736. The van der Waals surface area contributed by atoms with E-state index in [0.717, 1.165) is 29.6 Å². The number of furan rings is 1. The molecule has 0 saturated carbocycles. The summed E-state index contributed by atoms with van der Waals surface area (Å²) >= 11 is 0. The number of hydrogen-bond acceptors (Lipinski definition) is 1. The van der Waals surface area contributed by atoms with Gasteiger partial charge >= 0.3 is 0 Å². The Morgan fingerprint density at radius 2 is 2.15 bits per heavy atom. The molecule has 0 aliphatic carbocycles. The second-order valence-electron chi connectivity index (χ2n) is 2.95. The lowest BCUT2D eigenvalue weighted by Gasteiger charge is -1.87. The van der Waals surface area contributed by atoms with Gasteiger partial charge in [-0.25, -0.2) is 0 Å². The number of rotatable bonds is 2. The summed E-state index contributed by atoms with van der Waals surface area (Å²) in [7, 11) is 0. The van der Waals surface area contributed by atoms with Crippen molar-refractivity contribution in [3.8, 4) is 12.3 Å². The summed E-state index contributed by atoms with van der Waals surface area (Å²) < 4.78 is 5.57. The van der Waals surface area contributed by atoms with Crippen LogP contribution in [0, 0.1) is 12.3 Å². The van der Waals surface area contributed by atoms with Crippen LogP contribution >= 0.6 is 0 Å². The first kappa shape index (κ1) is 7.94. The van der Waals surface area contributed by atoms with Gasteiger partial charge in [-0.2, -0.15) is 0 Å². The Morgan fingerprint density at radius 1 is 1.31 bits per heavy atom. The van der Waals surface area contributed by atoms with Crippen molar-refractivity contribution in [2.75, 3.05) is 0 Å². The zero-order chi connectivity index (χ0) is 9.10. The van der Waals surface area contributed by atoms with Crippen LogP contribution in [-0.4, -0.2) is 0 Å². The van der Waals surface area contributed by atoms with Crippen LogP contribution in [0.2, 0.25) is 0 Å². The largest absolute Gasteiger partial charge is 0.461 e. The van der Waals surface area contributed by atoms with E-state index in [9.17, 15) is 0 Å². The molecule has 64 valence electrons. The van der Waals surface area contributed by atoms with Crippen molar-refractivity contribution in [2.24, 2.45) is 0 Å². The lowest BCUT2D eigenvalue weighted by atomic mass is 10.2. The predicted molar refractivity (Wildman–Crippen MR) is 53.4 cm³/mol. The lowest BCUT2D eigenvalue weighted by Crippen LogP contribution is -1.76. The van der Waals surface area contributed by atoms with Gasteiger partial charge in [0, 0.05) is 18.2 Å². The van der Waals surface area contributed by atoms with E-state index in [2.05, 4.69) is 5.92 Å². The Hall–Kier alpha value is -1.68. The number of para-hydroxylation sites is 1. The molecule has 1 heterocycles. The third-order valence-corrected chi connectivity index (χ3v) is 1.99. The van der Waals surface area contributed by atoms with E-state index in [1.165, 1.54) is 0 Å². The van der Waals surface area contributed by atoms with Gasteiger partial charge in [-0.15, -0.1) is 12.3 Å². The minimum Gasteiger partial charge on any atom is -0.461 e. The van der Waals surface area contributed by atoms with E-state index in [-0.39, 0.29) is 0 Å². The van der Waals surface area contributed by atoms with Crippen LogP contribution in [0.15, 0.2) is 34.7 Å². The van der Waals surface area contributed by atoms with E-state index < -0.39 is 0 Å².